The van der Waals surface area contributed by atoms with E-state index in [-0.39, 0.29) is 6.04 Å². The fourth-order valence-electron chi connectivity index (χ4n) is 5.45. The highest BCUT2D eigenvalue weighted by molar-refractivity contribution is 5.74. The molecule has 0 spiro atoms. The van der Waals surface area contributed by atoms with Gasteiger partial charge in [-0.15, -0.1) is 0 Å². The zero-order valence-electron chi connectivity index (χ0n) is 11.5. The van der Waals surface area contributed by atoms with E-state index in [1.807, 2.05) is 0 Å². The Morgan fingerprint density at radius 3 is 2.74 bits per heavy atom. The van der Waals surface area contributed by atoms with E-state index >= 15 is 0 Å². The van der Waals surface area contributed by atoms with Crippen LogP contribution in [0.5, 0.6) is 0 Å². The van der Waals surface area contributed by atoms with E-state index in [2.05, 4.69) is 9.80 Å². The highest BCUT2D eigenvalue weighted by Gasteiger charge is 2.53. The van der Waals surface area contributed by atoms with Crippen molar-refractivity contribution in [3.8, 4) is 0 Å². The predicted octanol–water partition coefficient (Wildman–Crippen LogP) is 1.41. The van der Waals surface area contributed by atoms with Gasteiger partial charge in [0, 0.05) is 25.2 Å². The number of hydrogen-bond donors (Lipinski definition) is 1. The molecular formula is C15H24N2O2. The molecule has 106 valence electrons. The first-order valence-corrected chi connectivity index (χ1v) is 7.98. The van der Waals surface area contributed by atoms with E-state index in [1.54, 1.807) is 0 Å². The van der Waals surface area contributed by atoms with E-state index in [0.29, 0.717) is 23.9 Å². The molecule has 4 heteroatoms. The van der Waals surface area contributed by atoms with Crippen molar-refractivity contribution < 1.29 is 9.90 Å². The molecule has 19 heavy (non-hydrogen) atoms. The number of hydrogen-bond acceptors (Lipinski definition) is 3. The van der Waals surface area contributed by atoms with E-state index in [9.17, 15) is 9.90 Å². The molecule has 0 radical (unpaired) electrons. The number of aliphatic carboxylic acids is 1. The van der Waals surface area contributed by atoms with Gasteiger partial charge in [0.05, 0.1) is 0 Å². The van der Waals surface area contributed by atoms with Crippen LogP contribution in [0.2, 0.25) is 0 Å². The van der Waals surface area contributed by atoms with Crippen LogP contribution in [-0.4, -0.2) is 58.6 Å². The third-order valence-corrected chi connectivity index (χ3v) is 6.18. The number of fused-ring (bicyclic) bond motifs is 2. The second-order valence-electron chi connectivity index (χ2n) is 6.94. The Morgan fingerprint density at radius 1 is 1.00 bits per heavy atom. The first kappa shape index (κ1) is 12.2. The monoisotopic (exact) mass is 264 g/mol. The summed E-state index contributed by atoms with van der Waals surface area (Å²) in [6.45, 7) is 3.48. The minimum atomic E-state index is -0.564. The third kappa shape index (κ3) is 1.76. The number of rotatable bonds is 2. The summed E-state index contributed by atoms with van der Waals surface area (Å²) in [4.78, 5) is 16.7. The van der Waals surface area contributed by atoms with Crippen LogP contribution in [0.25, 0.3) is 0 Å². The van der Waals surface area contributed by atoms with E-state index in [0.717, 1.165) is 13.0 Å². The van der Waals surface area contributed by atoms with E-state index in [4.69, 9.17) is 0 Å². The SMILES string of the molecule is O=C(O)C1C2CCCC2CN1C1CCN2CCCC12. The molecule has 3 aliphatic heterocycles. The Bertz CT molecular complexity index is 386. The van der Waals surface area contributed by atoms with E-state index < -0.39 is 5.97 Å². The molecule has 5 atom stereocenters. The lowest BCUT2D eigenvalue weighted by Gasteiger charge is -2.33. The van der Waals surface area contributed by atoms with Gasteiger partial charge in [-0.3, -0.25) is 14.6 Å². The van der Waals surface area contributed by atoms with Gasteiger partial charge in [0.2, 0.25) is 0 Å². The first-order chi connectivity index (χ1) is 9.25. The average Bonchev–Trinajstić information content (AvgIpc) is 3.07. The quantitative estimate of drug-likeness (QED) is 0.819. The second kappa shape index (κ2) is 4.45. The minimum absolute atomic E-state index is 0.182. The Kier molecular flexibility index (Phi) is 2.85. The maximum absolute atomic E-state index is 11.7. The van der Waals surface area contributed by atoms with Crippen LogP contribution in [0.15, 0.2) is 0 Å². The maximum Gasteiger partial charge on any atom is 0.321 e. The van der Waals surface area contributed by atoms with Crippen molar-refractivity contribution in [2.75, 3.05) is 19.6 Å². The highest BCUT2D eigenvalue weighted by atomic mass is 16.4. The summed E-state index contributed by atoms with van der Waals surface area (Å²) in [5.74, 6) is 0.537. The molecule has 0 aromatic rings. The van der Waals surface area contributed by atoms with Crippen LogP contribution in [0.3, 0.4) is 0 Å². The highest BCUT2D eigenvalue weighted by Crippen LogP contribution is 2.45. The van der Waals surface area contributed by atoms with Crippen molar-refractivity contribution in [2.24, 2.45) is 11.8 Å². The van der Waals surface area contributed by atoms with Gasteiger partial charge in [-0.25, -0.2) is 0 Å². The van der Waals surface area contributed by atoms with Gasteiger partial charge in [-0.1, -0.05) is 6.42 Å². The first-order valence-electron chi connectivity index (χ1n) is 7.98. The Morgan fingerprint density at radius 2 is 1.89 bits per heavy atom. The largest absolute Gasteiger partial charge is 0.480 e. The molecule has 1 saturated carbocycles. The molecule has 1 N–H and O–H groups in total. The maximum atomic E-state index is 11.7. The Labute approximate surface area is 114 Å². The zero-order valence-corrected chi connectivity index (χ0v) is 11.5. The summed E-state index contributed by atoms with van der Waals surface area (Å²) in [6, 6.07) is 0.993. The van der Waals surface area contributed by atoms with Crippen LogP contribution in [0.4, 0.5) is 0 Å². The van der Waals surface area contributed by atoms with Crippen LogP contribution in [0, 0.1) is 11.8 Å². The van der Waals surface area contributed by atoms with Gasteiger partial charge in [-0.05, 0) is 50.5 Å². The molecule has 4 rings (SSSR count). The number of carboxylic acids is 1. The molecular weight excluding hydrogens is 240 g/mol. The molecule has 4 aliphatic rings. The van der Waals surface area contributed by atoms with E-state index in [1.165, 1.54) is 45.2 Å². The van der Waals surface area contributed by atoms with Gasteiger partial charge in [0.15, 0.2) is 0 Å². The molecule has 3 heterocycles. The smallest absolute Gasteiger partial charge is 0.321 e. The third-order valence-electron chi connectivity index (χ3n) is 6.18. The number of carbonyl (C=O) groups is 1. The molecule has 3 saturated heterocycles. The fraction of sp³-hybridized carbons (Fsp3) is 0.933. The van der Waals surface area contributed by atoms with Gasteiger partial charge >= 0.3 is 5.97 Å². The summed E-state index contributed by atoms with van der Waals surface area (Å²) in [5.41, 5.74) is 0. The van der Waals surface area contributed by atoms with Crippen molar-refractivity contribution in [1.82, 2.24) is 9.80 Å². The van der Waals surface area contributed by atoms with Crippen molar-refractivity contribution in [3.63, 3.8) is 0 Å². The van der Waals surface area contributed by atoms with Crippen LogP contribution >= 0.6 is 0 Å². The minimum Gasteiger partial charge on any atom is -0.480 e. The lowest BCUT2D eigenvalue weighted by Crippen LogP contribution is -2.49. The zero-order chi connectivity index (χ0) is 13.0. The summed E-state index contributed by atoms with van der Waals surface area (Å²) in [6.07, 6.45) is 7.41. The van der Waals surface area contributed by atoms with Crippen LogP contribution in [-0.2, 0) is 4.79 Å². The molecule has 4 nitrogen and oxygen atoms in total. The van der Waals surface area contributed by atoms with Crippen LogP contribution in [0.1, 0.15) is 38.5 Å². The average molecular weight is 264 g/mol. The summed E-state index contributed by atoms with van der Waals surface area (Å²) in [5, 5.41) is 9.68. The van der Waals surface area contributed by atoms with Crippen molar-refractivity contribution in [1.29, 1.82) is 0 Å². The Hall–Kier alpha value is -0.610. The molecule has 4 fully saturated rings. The van der Waals surface area contributed by atoms with Crippen molar-refractivity contribution in [3.05, 3.63) is 0 Å². The van der Waals surface area contributed by atoms with Gasteiger partial charge < -0.3 is 5.11 Å². The van der Waals surface area contributed by atoms with Crippen molar-refractivity contribution >= 4 is 5.97 Å². The Balaban J connectivity index is 1.58. The summed E-state index contributed by atoms with van der Waals surface area (Å²) >= 11 is 0. The standard InChI is InChI=1S/C15H24N2O2/c18-15(19)14-11-4-1-3-10(11)9-17(14)13-6-8-16-7-2-5-12(13)16/h10-14H,1-9H2,(H,18,19). The normalized spacial score (nSPS) is 46.6. The number of nitrogens with zero attached hydrogens (tertiary/aromatic N) is 2. The molecule has 1 aliphatic carbocycles. The topological polar surface area (TPSA) is 43.8 Å². The summed E-state index contributed by atoms with van der Waals surface area (Å²) < 4.78 is 0. The molecule has 5 unspecified atom stereocenters. The number of carboxylic acid groups (broad SMARTS) is 1. The lowest BCUT2D eigenvalue weighted by molar-refractivity contribution is -0.144. The van der Waals surface area contributed by atoms with Gasteiger partial charge in [-0.2, -0.15) is 0 Å². The van der Waals surface area contributed by atoms with Gasteiger partial charge in [0.25, 0.3) is 0 Å². The molecule has 0 amide bonds. The molecule has 0 bridgehead atoms. The summed E-state index contributed by atoms with van der Waals surface area (Å²) in [7, 11) is 0. The fourth-order valence-corrected chi connectivity index (χ4v) is 5.45. The number of likely N-dealkylation sites (tertiary alicyclic amines) is 1. The van der Waals surface area contributed by atoms with Crippen molar-refractivity contribution in [2.45, 2.75) is 56.7 Å². The molecule has 0 aromatic heterocycles. The van der Waals surface area contributed by atoms with Gasteiger partial charge in [0.1, 0.15) is 6.04 Å². The van der Waals surface area contributed by atoms with Crippen LogP contribution < -0.4 is 0 Å². The second-order valence-corrected chi connectivity index (χ2v) is 6.94. The predicted molar refractivity (Wildman–Crippen MR) is 72.0 cm³/mol. The molecule has 0 aromatic carbocycles. The lowest BCUT2D eigenvalue weighted by atomic mass is 9.93.